The number of rotatable bonds is 4. The van der Waals surface area contributed by atoms with Crippen molar-refractivity contribution >= 4 is 29.3 Å². The summed E-state index contributed by atoms with van der Waals surface area (Å²) in [6.07, 6.45) is 4.67. The second kappa shape index (κ2) is 5.04. The molecule has 1 aromatic heterocycles. The quantitative estimate of drug-likeness (QED) is 0.609. The molecule has 13 heavy (non-hydrogen) atoms. The molecule has 6 heteroatoms. The molecular weight excluding hydrogens is 212 g/mol. The monoisotopic (exact) mass is 218 g/mol. The van der Waals surface area contributed by atoms with Gasteiger partial charge in [-0.15, -0.1) is 23.4 Å². The number of halogens is 1. The zero-order valence-corrected chi connectivity index (χ0v) is 8.13. The van der Waals surface area contributed by atoms with Crippen LogP contribution >= 0.6 is 23.4 Å². The lowest BCUT2D eigenvalue weighted by Gasteiger charge is -2.01. The van der Waals surface area contributed by atoms with Crippen molar-refractivity contribution in [2.24, 2.45) is 0 Å². The fourth-order valence-corrected chi connectivity index (χ4v) is 1.51. The van der Waals surface area contributed by atoms with Gasteiger partial charge in [-0.2, -0.15) is 0 Å². The Morgan fingerprint density at radius 1 is 1.69 bits per heavy atom. The van der Waals surface area contributed by atoms with Crippen molar-refractivity contribution in [2.45, 2.75) is 10.4 Å². The van der Waals surface area contributed by atoms with Crippen LogP contribution in [0.2, 0.25) is 0 Å². The van der Waals surface area contributed by atoms with E-state index in [1.54, 1.807) is 18.6 Å². The molecule has 1 atom stereocenters. The third-order valence-corrected chi connectivity index (χ3v) is 2.72. The predicted molar refractivity (Wildman–Crippen MR) is 50.0 cm³/mol. The Labute approximate surface area is 84.3 Å². The highest BCUT2D eigenvalue weighted by atomic mass is 35.5. The highest BCUT2D eigenvalue weighted by Crippen LogP contribution is 2.16. The third kappa shape index (κ3) is 3.61. The summed E-state index contributed by atoms with van der Waals surface area (Å²) in [4.78, 5) is 18.1. The molecule has 0 fully saturated rings. The summed E-state index contributed by atoms with van der Waals surface area (Å²) in [6.45, 7) is 0. The fraction of sp³-hybridized carbons (Fsp3) is 0.286. The average Bonchev–Trinajstić information content (AvgIpc) is 2.15. The van der Waals surface area contributed by atoms with E-state index in [1.165, 1.54) is 11.8 Å². The number of aliphatic carboxylic acids is 1. The van der Waals surface area contributed by atoms with E-state index in [-0.39, 0.29) is 5.75 Å². The summed E-state index contributed by atoms with van der Waals surface area (Å²) < 4.78 is 0. The molecule has 4 nitrogen and oxygen atoms in total. The molecule has 0 aliphatic rings. The van der Waals surface area contributed by atoms with Gasteiger partial charge in [-0.3, -0.25) is 9.78 Å². The molecule has 0 bridgehead atoms. The van der Waals surface area contributed by atoms with E-state index in [4.69, 9.17) is 16.7 Å². The normalized spacial score (nSPS) is 12.4. The summed E-state index contributed by atoms with van der Waals surface area (Å²) in [5.41, 5.74) is 0. The lowest BCUT2D eigenvalue weighted by atomic mass is 10.5. The molecule has 1 unspecified atom stereocenters. The van der Waals surface area contributed by atoms with Gasteiger partial charge in [-0.05, 0) is 0 Å². The van der Waals surface area contributed by atoms with E-state index in [0.29, 0.717) is 5.03 Å². The number of hydrogen-bond acceptors (Lipinski definition) is 4. The van der Waals surface area contributed by atoms with Crippen molar-refractivity contribution in [3.05, 3.63) is 18.6 Å². The van der Waals surface area contributed by atoms with E-state index in [9.17, 15) is 4.79 Å². The average molecular weight is 219 g/mol. The summed E-state index contributed by atoms with van der Waals surface area (Å²) in [5, 5.41) is 8.27. The van der Waals surface area contributed by atoms with E-state index < -0.39 is 11.3 Å². The lowest BCUT2D eigenvalue weighted by Crippen LogP contribution is -2.15. The Kier molecular flexibility index (Phi) is 3.98. The smallest absolute Gasteiger partial charge is 0.322 e. The number of nitrogens with zero attached hydrogens (tertiary/aromatic N) is 2. The summed E-state index contributed by atoms with van der Waals surface area (Å²) in [7, 11) is 0. The zero-order chi connectivity index (χ0) is 9.68. The molecule has 0 saturated heterocycles. The number of aromatic nitrogens is 2. The number of carboxylic acids is 1. The first-order valence-corrected chi connectivity index (χ1v) is 4.88. The van der Waals surface area contributed by atoms with Gasteiger partial charge in [0, 0.05) is 18.1 Å². The number of hydrogen-bond donors (Lipinski definition) is 1. The predicted octanol–water partition coefficient (Wildman–Crippen LogP) is 1.26. The lowest BCUT2D eigenvalue weighted by molar-refractivity contribution is -0.136. The van der Waals surface area contributed by atoms with Crippen molar-refractivity contribution in [1.29, 1.82) is 0 Å². The molecule has 70 valence electrons. The van der Waals surface area contributed by atoms with E-state index in [2.05, 4.69) is 9.97 Å². The van der Waals surface area contributed by atoms with Crippen molar-refractivity contribution in [3.8, 4) is 0 Å². The third-order valence-electron chi connectivity index (χ3n) is 1.18. The number of carboxylic acid groups (broad SMARTS) is 1. The van der Waals surface area contributed by atoms with Gasteiger partial charge in [0.05, 0.1) is 6.20 Å². The molecule has 0 aliphatic carbocycles. The van der Waals surface area contributed by atoms with Gasteiger partial charge in [0.2, 0.25) is 0 Å². The van der Waals surface area contributed by atoms with E-state index in [0.717, 1.165) is 0 Å². The van der Waals surface area contributed by atoms with Crippen molar-refractivity contribution < 1.29 is 9.90 Å². The van der Waals surface area contributed by atoms with Crippen LogP contribution in [-0.2, 0) is 4.79 Å². The van der Waals surface area contributed by atoms with Crippen LogP contribution in [-0.4, -0.2) is 32.2 Å². The molecule has 0 aromatic carbocycles. The van der Waals surface area contributed by atoms with Crippen LogP contribution < -0.4 is 0 Å². The minimum Gasteiger partial charge on any atom is -0.480 e. The van der Waals surface area contributed by atoms with Gasteiger partial charge in [-0.25, -0.2) is 4.98 Å². The van der Waals surface area contributed by atoms with Crippen LogP contribution in [0.15, 0.2) is 23.6 Å². The van der Waals surface area contributed by atoms with Gasteiger partial charge < -0.3 is 5.11 Å². The van der Waals surface area contributed by atoms with Gasteiger partial charge in [0.25, 0.3) is 0 Å². The van der Waals surface area contributed by atoms with Crippen molar-refractivity contribution in [2.75, 3.05) is 5.75 Å². The van der Waals surface area contributed by atoms with Crippen LogP contribution in [0.5, 0.6) is 0 Å². The van der Waals surface area contributed by atoms with Crippen molar-refractivity contribution in [3.63, 3.8) is 0 Å². The van der Waals surface area contributed by atoms with Crippen LogP contribution in [0, 0.1) is 0 Å². The van der Waals surface area contributed by atoms with Crippen LogP contribution in [0.1, 0.15) is 0 Å². The van der Waals surface area contributed by atoms with Crippen molar-refractivity contribution in [1.82, 2.24) is 9.97 Å². The molecule has 1 N–H and O–H groups in total. The van der Waals surface area contributed by atoms with Gasteiger partial charge >= 0.3 is 5.97 Å². The maximum atomic E-state index is 10.3. The Bertz CT molecular complexity index is 283. The molecule has 0 amide bonds. The minimum atomic E-state index is -1.02. The van der Waals surface area contributed by atoms with Crippen LogP contribution in [0.4, 0.5) is 0 Å². The highest BCUT2D eigenvalue weighted by Gasteiger charge is 2.13. The van der Waals surface area contributed by atoms with Crippen LogP contribution in [0.3, 0.4) is 0 Å². The second-order valence-corrected chi connectivity index (χ2v) is 3.73. The molecule has 0 saturated carbocycles. The SMILES string of the molecule is O=C(O)C(Cl)CSc1cnccn1. The minimum absolute atomic E-state index is 0.287. The maximum Gasteiger partial charge on any atom is 0.322 e. The molecule has 1 heterocycles. The van der Waals surface area contributed by atoms with E-state index in [1.807, 2.05) is 0 Å². The summed E-state index contributed by atoms with van der Waals surface area (Å²) in [6, 6.07) is 0. The first kappa shape index (κ1) is 10.3. The van der Waals surface area contributed by atoms with Gasteiger partial charge in [-0.1, -0.05) is 0 Å². The molecule has 0 radical (unpaired) electrons. The Morgan fingerprint density at radius 2 is 2.46 bits per heavy atom. The van der Waals surface area contributed by atoms with Crippen LogP contribution in [0.25, 0.3) is 0 Å². The Balaban J connectivity index is 2.39. The van der Waals surface area contributed by atoms with Gasteiger partial charge in [0.1, 0.15) is 10.4 Å². The molecule has 0 aliphatic heterocycles. The fourth-order valence-electron chi connectivity index (χ4n) is 0.590. The first-order valence-electron chi connectivity index (χ1n) is 3.46. The maximum absolute atomic E-state index is 10.3. The Morgan fingerprint density at radius 3 is 3.00 bits per heavy atom. The first-order chi connectivity index (χ1) is 6.20. The molecule has 0 spiro atoms. The molecule has 1 aromatic rings. The van der Waals surface area contributed by atoms with Gasteiger partial charge in [0.15, 0.2) is 0 Å². The summed E-state index contributed by atoms with van der Waals surface area (Å²) in [5.74, 6) is -0.728. The Hall–Kier alpha value is -0.810. The highest BCUT2D eigenvalue weighted by molar-refractivity contribution is 7.99. The summed E-state index contributed by atoms with van der Waals surface area (Å²) >= 11 is 6.77. The number of carbonyl (C=O) groups is 1. The topological polar surface area (TPSA) is 63.1 Å². The molecular formula is C7H7ClN2O2S. The standard InChI is InChI=1S/C7H7ClN2O2S/c8-5(7(11)12)4-13-6-3-9-1-2-10-6/h1-3,5H,4H2,(H,11,12). The van der Waals surface area contributed by atoms with E-state index >= 15 is 0 Å². The molecule has 1 rings (SSSR count). The number of thioether (sulfide) groups is 1. The number of alkyl halides is 1. The largest absolute Gasteiger partial charge is 0.480 e. The zero-order valence-electron chi connectivity index (χ0n) is 6.55. The second-order valence-electron chi connectivity index (χ2n) is 2.16.